The topological polar surface area (TPSA) is 124 Å². The molecule has 10 nitrogen and oxygen atoms in total. The van der Waals surface area contributed by atoms with Crippen LogP contribution in [0.4, 0.5) is 0 Å². The van der Waals surface area contributed by atoms with Gasteiger partial charge in [0.25, 0.3) is 11.8 Å². The van der Waals surface area contributed by atoms with Crippen LogP contribution in [0.5, 0.6) is 0 Å². The Morgan fingerprint density at radius 3 is 1.60 bits per heavy atom. The monoisotopic (exact) mass is 556 g/mol. The van der Waals surface area contributed by atoms with E-state index in [-0.39, 0.29) is 23.9 Å². The molecule has 0 radical (unpaired) electrons. The Bertz CT molecular complexity index is 1880. The molecule has 2 amide bonds. The first-order valence-corrected chi connectivity index (χ1v) is 13.9. The van der Waals surface area contributed by atoms with E-state index in [2.05, 4.69) is 29.9 Å². The van der Waals surface area contributed by atoms with Crippen molar-refractivity contribution in [3.05, 3.63) is 96.3 Å². The van der Waals surface area contributed by atoms with Crippen molar-refractivity contribution in [1.82, 2.24) is 39.7 Å². The first-order chi connectivity index (χ1) is 20.4. The van der Waals surface area contributed by atoms with E-state index in [1.165, 1.54) is 0 Å². The minimum absolute atomic E-state index is 0.176. The van der Waals surface area contributed by atoms with Gasteiger partial charge in [-0.25, -0.2) is 19.9 Å². The molecule has 0 unspecified atom stereocenters. The minimum Gasteiger partial charge on any atom is -0.337 e. The zero-order chi connectivity index (χ0) is 28.8. The van der Waals surface area contributed by atoms with E-state index in [1.54, 1.807) is 17.0 Å². The number of benzene rings is 2. The summed E-state index contributed by atoms with van der Waals surface area (Å²) in [5.41, 5.74) is 5.38. The highest BCUT2D eigenvalue weighted by Crippen LogP contribution is 2.24. The van der Waals surface area contributed by atoms with E-state index < -0.39 is 0 Å². The number of fused-ring (bicyclic) bond motifs is 2. The maximum atomic E-state index is 13.7. The van der Waals surface area contributed by atoms with Gasteiger partial charge in [-0.3, -0.25) is 9.59 Å². The first-order valence-electron chi connectivity index (χ1n) is 13.9. The summed E-state index contributed by atoms with van der Waals surface area (Å²) in [7, 11) is 0. The number of imidazole rings is 2. The fourth-order valence-electron chi connectivity index (χ4n) is 5.70. The smallest absolute Gasteiger partial charge is 0.273 e. The second-order valence-electron chi connectivity index (χ2n) is 10.6. The summed E-state index contributed by atoms with van der Waals surface area (Å²) in [5, 5.41) is 0. The van der Waals surface area contributed by atoms with E-state index in [1.807, 2.05) is 91.5 Å². The van der Waals surface area contributed by atoms with Crippen LogP contribution < -0.4 is 0 Å². The van der Waals surface area contributed by atoms with Crippen molar-refractivity contribution in [1.29, 1.82) is 0 Å². The van der Waals surface area contributed by atoms with Crippen molar-refractivity contribution in [2.24, 2.45) is 0 Å². The number of amides is 2. The standard InChI is InChI=1S/C32H28N8O2/c1-19-17-39(31(41)27-15-7-13-25(33-27)29-35-21-9-3-4-10-22(21)36-29)18-20(2)40(19)32(42)28-16-8-14-26(34-28)30-37-23-11-5-6-12-24(23)38-30/h3-16,19-20H,17-18H2,1-2H3,(H,35,36)(H,37,38)/t19-,20+. The van der Waals surface area contributed by atoms with Crippen molar-refractivity contribution < 1.29 is 9.59 Å². The Kier molecular flexibility index (Phi) is 6.23. The maximum Gasteiger partial charge on any atom is 0.273 e. The van der Waals surface area contributed by atoms with Gasteiger partial charge in [0, 0.05) is 25.2 Å². The molecular weight excluding hydrogens is 528 g/mol. The van der Waals surface area contributed by atoms with Gasteiger partial charge in [-0.05, 0) is 62.4 Å². The lowest BCUT2D eigenvalue weighted by Crippen LogP contribution is -2.60. The summed E-state index contributed by atoms with van der Waals surface area (Å²) < 4.78 is 0. The molecule has 5 heterocycles. The van der Waals surface area contributed by atoms with Gasteiger partial charge in [0.2, 0.25) is 0 Å². The van der Waals surface area contributed by atoms with Crippen LogP contribution in [0.2, 0.25) is 0 Å². The minimum atomic E-state index is -0.222. The predicted molar refractivity (Wildman–Crippen MR) is 160 cm³/mol. The van der Waals surface area contributed by atoms with Crippen LogP contribution in [-0.4, -0.2) is 76.7 Å². The highest BCUT2D eigenvalue weighted by Gasteiger charge is 2.36. The van der Waals surface area contributed by atoms with Gasteiger partial charge in [-0.1, -0.05) is 36.4 Å². The van der Waals surface area contributed by atoms with Crippen LogP contribution in [0.15, 0.2) is 84.9 Å². The van der Waals surface area contributed by atoms with Crippen molar-refractivity contribution in [3.8, 4) is 23.0 Å². The van der Waals surface area contributed by atoms with Crippen LogP contribution in [0.3, 0.4) is 0 Å². The fraction of sp³-hybridized carbons (Fsp3) is 0.188. The fourth-order valence-corrected chi connectivity index (χ4v) is 5.70. The largest absolute Gasteiger partial charge is 0.337 e. The molecule has 0 aliphatic carbocycles. The maximum absolute atomic E-state index is 13.7. The molecule has 2 atom stereocenters. The Balaban J connectivity index is 1.09. The molecule has 0 bridgehead atoms. The van der Waals surface area contributed by atoms with E-state index in [0.29, 0.717) is 47.5 Å². The highest BCUT2D eigenvalue weighted by atomic mass is 16.2. The lowest BCUT2D eigenvalue weighted by Gasteiger charge is -2.44. The van der Waals surface area contributed by atoms with Crippen molar-refractivity contribution in [3.63, 3.8) is 0 Å². The zero-order valence-electron chi connectivity index (χ0n) is 23.2. The Morgan fingerprint density at radius 2 is 1.10 bits per heavy atom. The number of aromatic nitrogens is 6. The van der Waals surface area contributed by atoms with Gasteiger partial charge < -0.3 is 19.8 Å². The molecule has 1 saturated heterocycles. The quantitative estimate of drug-likeness (QED) is 0.317. The van der Waals surface area contributed by atoms with Crippen molar-refractivity contribution in [2.75, 3.05) is 13.1 Å². The molecule has 4 aromatic heterocycles. The number of H-pyrrole nitrogens is 2. The van der Waals surface area contributed by atoms with Gasteiger partial charge in [0.1, 0.15) is 22.8 Å². The predicted octanol–water partition coefficient (Wildman–Crippen LogP) is 4.94. The van der Waals surface area contributed by atoms with E-state index >= 15 is 0 Å². The number of hydrogen-bond acceptors (Lipinski definition) is 6. The van der Waals surface area contributed by atoms with Crippen molar-refractivity contribution >= 4 is 33.9 Å². The molecule has 10 heteroatoms. The molecule has 0 saturated carbocycles. The lowest BCUT2D eigenvalue weighted by molar-refractivity contribution is 0.0248. The highest BCUT2D eigenvalue weighted by molar-refractivity contribution is 5.95. The lowest BCUT2D eigenvalue weighted by atomic mass is 10.1. The number of nitrogens with one attached hydrogen (secondary N) is 2. The number of piperazine rings is 1. The normalized spacial score (nSPS) is 17.2. The van der Waals surface area contributed by atoms with Gasteiger partial charge in [-0.15, -0.1) is 0 Å². The second kappa shape index (κ2) is 10.2. The molecular formula is C32H28N8O2. The summed E-state index contributed by atoms with van der Waals surface area (Å²) >= 11 is 0. The van der Waals surface area contributed by atoms with Gasteiger partial charge in [0.05, 0.1) is 22.1 Å². The molecule has 208 valence electrons. The first kappa shape index (κ1) is 25.6. The number of para-hydroxylation sites is 4. The van der Waals surface area contributed by atoms with Crippen molar-refractivity contribution in [2.45, 2.75) is 25.9 Å². The number of hydrogen-bond donors (Lipinski definition) is 2. The van der Waals surface area contributed by atoms with Crippen LogP contribution in [0.1, 0.15) is 34.8 Å². The van der Waals surface area contributed by atoms with E-state index in [9.17, 15) is 9.59 Å². The van der Waals surface area contributed by atoms with Crippen LogP contribution >= 0.6 is 0 Å². The molecule has 42 heavy (non-hydrogen) atoms. The Hall–Kier alpha value is -5.38. The summed E-state index contributed by atoms with van der Waals surface area (Å²) in [6.45, 7) is 4.67. The van der Waals surface area contributed by atoms with Gasteiger partial charge in [-0.2, -0.15) is 0 Å². The number of aromatic amines is 2. The van der Waals surface area contributed by atoms with E-state index in [4.69, 9.17) is 0 Å². The second-order valence-corrected chi connectivity index (χ2v) is 10.6. The molecule has 7 rings (SSSR count). The van der Waals surface area contributed by atoms with E-state index in [0.717, 1.165) is 22.1 Å². The summed E-state index contributed by atoms with van der Waals surface area (Å²) in [5.74, 6) is 0.869. The molecule has 1 aliphatic heterocycles. The molecule has 6 aromatic rings. The molecule has 2 aromatic carbocycles. The summed E-state index contributed by atoms with van der Waals surface area (Å²) in [4.78, 5) is 55.9. The summed E-state index contributed by atoms with van der Waals surface area (Å²) in [6.07, 6.45) is 0. The number of carbonyl (C=O) groups is 2. The molecule has 1 fully saturated rings. The van der Waals surface area contributed by atoms with Crippen LogP contribution in [0, 0.1) is 0 Å². The molecule has 0 spiro atoms. The van der Waals surface area contributed by atoms with Crippen LogP contribution in [0.25, 0.3) is 45.1 Å². The average molecular weight is 557 g/mol. The third-order valence-electron chi connectivity index (χ3n) is 7.64. The molecule has 2 N–H and O–H groups in total. The number of rotatable bonds is 4. The summed E-state index contributed by atoms with van der Waals surface area (Å²) in [6, 6.07) is 25.8. The SMILES string of the molecule is C[C@@H]1CN(C(=O)c2cccc(-c3nc4ccccc4[nH]3)n2)C[C@H](C)N1C(=O)c1cccc(-c2nc3ccccc3[nH]2)n1. The third-order valence-corrected chi connectivity index (χ3v) is 7.64. The Morgan fingerprint density at radius 1 is 0.619 bits per heavy atom. The molecule has 1 aliphatic rings. The number of carbonyl (C=O) groups excluding carboxylic acids is 2. The van der Waals surface area contributed by atoms with Crippen LogP contribution in [-0.2, 0) is 0 Å². The zero-order valence-corrected chi connectivity index (χ0v) is 23.2. The number of pyridine rings is 2. The average Bonchev–Trinajstić information content (AvgIpc) is 3.65. The Labute approximate surface area is 241 Å². The third kappa shape index (κ3) is 4.56. The number of nitrogens with zero attached hydrogens (tertiary/aromatic N) is 6. The van der Waals surface area contributed by atoms with Gasteiger partial charge >= 0.3 is 0 Å². The van der Waals surface area contributed by atoms with Gasteiger partial charge in [0.15, 0.2) is 11.6 Å².